The van der Waals surface area contributed by atoms with E-state index in [9.17, 15) is 9.59 Å². The molecule has 5 heteroatoms. The molecule has 2 aromatic carbocycles. The molecule has 0 radical (unpaired) electrons. The number of likely N-dealkylation sites (N-methyl/N-ethyl adjacent to an activating group) is 1. The van der Waals surface area contributed by atoms with Crippen LogP contribution in [0.25, 0.3) is 10.8 Å². The predicted molar refractivity (Wildman–Crippen MR) is 96.0 cm³/mol. The Balaban J connectivity index is 1.68. The molecule has 1 unspecified atom stereocenters. The summed E-state index contributed by atoms with van der Waals surface area (Å²) in [5.74, 6) is -0.207. The van der Waals surface area contributed by atoms with Crippen LogP contribution in [-0.4, -0.2) is 38.0 Å². The average Bonchev–Trinajstić information content (AvgIpc) is 2.79. The number of hydrogen-bond donors (Lipinski definition) is 2. The van der Waals surface area contributed by atoms with Crippen molar-refractivity contribution in [1.82, 2.24) is 10.6 Å². The van der Waals surface area contributed by atoms with Gasteiger partial charge in [-0.25, -0.2) is 0 Å². The molecule has 0 aromatic heterocycles. The highest BCUT2D eigenvalue weighted by Gasteiger charge is 2.22. The Morgan fingerprint density at radius 1 is 1.21 bits per heavy atom. The molecule has 24 heavy (non-hydrogen) atoms. The fraction of sp³-hybridized carbons (Fsp3) is 0.368. The number of anilines is 1. The van der Waals surface area contributed by atoms with Crippen LogP contribution in [0.4, 0.5) is 5.69 Å². The fourth-order valence-electron chi connectivity index (χ4n) is 3.16. The summed E-state index contributed by atoms with van der Waals surface area (Å²) in [6, 6.07) is 13.8. The van der Waals surface area contributed by atoms with Gasteiger partial charge in [-0.05, 0) is 30.7 Å². The molecule has 1 aliphatic heterocycles. The van der Waals surface area contributed by atoms with Crippen molar-refractivity contribution in [3.8, 4) is 0 Å². The van der Waals surface area contributed by atoms with Gasteiger partial charge in [-0.15, -0.1) is 0 Å². The van der Waals surface area contributed by atoms with Crippen molar-refractivity contribution in [2.75, 3.05) is 25.0 Å². The maximum atomic E-state index is 12.4. The van der Waals surface area contributed by atoms with Crippen molar-refractivity contribution in [3.63, 3.8) is 0 Å². The first-order chi connectivity index (χ1) is 11.6. The first-order valence-electron chi connectivity index (χ1n) is 8.41. The van der Waals surface area contributed by atoms with Crippen molar-refractivity contribution in [2.45, 2.75) is 25.3 Å². The lowest BCUT2D eigenvalue weighted by Crippen LogP contribution is -2.48. The average molecular weight is 325 g/mol. The summed E-state index contributed by atoms with van der Waals surface area (Å²) in [6.45, 7) is 0.916. The lowest BCUT2D eigenvalue weighted by Gasteiger charge is -2.22. The van der Waals surface area contributed by atoms with Gasteiger partial charge in [-0.3, -0.25) is 9.59 Å². The highest BCUT2D eigenvalue weighted by molar-refractivity contribution is 5.96. The van der Waals surface area contributed by atoms with E-state index in [2.05, 4.69) is 28.8 Å². The molecule has 5 nitrogen and oxygen atoms in total. The first kappa shape index (κ1) is 16.3. The van der Waals surface area contributed by atoms with Gasteiger partial charge in [0, 0.05) is 24.7 Å². The smallest absolute Gasteiger partial charge is 0.242 e. The van der Waals surface area contributed by atoms with Gasteiger partial charge in [0.05, 0.1) is 6.54 Å². The Morgan fingerprint density at radius 2 is 2.00 bits per heavy atom. The van der Waals surface area contributed by atoms with Gasteiger partial charge in [0.2, 0.25) is 11.8 Å². The van der Waals surface area contributed by atoms with Crippen molar-refractivity contribution < 1.29 is 9.59 Å². The summed E-state index contributed by atoms with van der Waals surface area (Å²) in [4.78, 5) is 26.2. The third-order valence-corrected chi connectivity index (χ3v) is 4.43. The number of fused-ring (bicyclic) bond motifs is 1. The number of hydrogen-bond acceptors (Lipinski definition) is 3. The van der Waals surface area contributed by atoms with Crippen LogP contribution in [-0.2, 0) is 9.59 Å². The van der Waals surface area contributed by atoms with E-state index in [1.54, 1.807) is 0 Å². The summed E-state index contributed by atoms with van der Waals surface area (Å²) < 4.78 is 0. The van der Waals surface area contributed by atoms with E-state index in [1.807, 2.05) is 36.2 Å². The van der Waals surface area contributed by atoms with E-state index in [0.717, 1.165) is 29.3 Å². The van der Waals surface area contributed by atoms with Crippen LogP contribution in [0.5, 0.6) is 0 Å². The minimum atomic E-state index is -0.416. The number of benzene rings is 2. The highest BCUT2D eigenvalue weighted by atomic mass is 16.2. The Labute approximate surface area is 142 Å². The molecular weight excluding hydrogens is 302 g/mol. The van der Waals surface area contributed by atoms with Gasteiger partial charge in [0.15, 0.2) is 0 Å². The number of nitrogens with zero attached hydrogens (tertiary/aromatic N) is 1. The van der Waals surface area contributed by atoms with Crippen molar-refractivity contribution >= 4 is 28.3 Å². The third-order valence-electron chi connectivity index (χ3n) is 4.43. The maximum Gasteiger partial charge on any atom is 0.242 e. The molecule has 2 N–H and O–H groups in total. The maximum absolute atomic E-state index is 12.4. The second-order valence-electron chi connectivity index (χ2n) is 6.26. The Kier molecular flexibility index (Phi) is 4.99. The molecule has 0 aliphatic carbocycles. The zero-order chi connectivity index (χ0) is 16.9. The molecular formula is C19H23N3O2. The molecule has 1 aliphatic rings. The summed E-state index contributed by atoms with van der Waals surface area (Å²) in [5, 5.41) is 7.96. The van der Waals surface area contributed by atoms with Crippen LogP contribution in [0.3, 0.4) is 0 Å². The van der Waals surface area contributed by atoms with Gasteiger partial charge >= 0.3 is 0 Å². The zero-order valence-corrected chi connectivity index (χ0v) is 13.9. The van der Waals surface area contributed by atoms with E-state index in [4.69, 9.17) is 0 Å². The van der Waals surface area contributed by atoms with Gasteiger partial charge in [0.1, 0.15) is 6.04 Å². The lowest BCUT2D eigenvalue weighted by molar-refractivity contribution is -0.128. The SMILES string of the molecule is CN(CC(=O)NC1CCCCNC1=O)c1cccc2ccccc12. The van der Waals surface area contributed by atoms with E-state index in [0.29, 0.717) is 13.0 Å². The van der Waals surface area contributed by atoms with Gasteiger partial charge in [0.25, 0.3) is 0 Å². The van der Waals surface area contributed by atoms with Crippen molar-refractivity contribution in [1.29, 1.82) is 0 Å². The number of amides is 2. The predicted octanol–water partition coefficient (Wildman–Crippen LogP) is 2.06. The third kappa shape index (κ3) is 3.67. The summed E-state index contributed by atoms with van der Waals surface area (Å²) in [5.41, 5.74) is 1.01. The van der Waals surface area contributed by atoms with Crippen LogP contribution in [0.2, 0.25) is 0 Å². The number of carbonyl (C=O) groups excluding carboxylic acids is 2. The van der Waals surface area contributed by atoms with E-state index >= 15 is 0 Å². The molecule has 3 rings (SSSR count). The molecule has 126 valence electrons. The molecule has 0 saturated carbocycles. The minimum absolute atomic E-state index is 0.0753. The van der Waals surface area contributed by atoms with Gasteiger partial charge < -0.3 is 15.5 Å². The normalized spacial score (nSPS) is 17.9. The Morgan fingerprint density at radius 3 is 2.88 bits per heavy atom. The minimum Gasteiger partial charge on any atom is -0.365 e. The molecule has 1 saturated heterocycles. The topological polar surface area (TPSA) is 61.4 Å². The van der Waals surface area contributed by atoms with Crippen LogP contribution in [0.1, 0.15) is 19.3 Å². The number of carbonyl (C=O) groups is 2. The van der Waals surface area contributed by atoms with Crippen LogP contribution in [0.15, 0.2) is 42.5 Å². The van der Waals surface area contributed by atoms with Crippen molar-refractivity contribution in [2.24, 2.45) is 0 Å². The fourth-order valence-corrected chi connectivity index (χ4v) is 3.16. The molecule has 0 spiro atoms. The largest absolute Gasteiger partial charge is 0.365 e. The molecule has 2 amide bonds. The molecule has 1 heterocycles. The zero-order valence-electron chi connectivity index (χ0n) is 13.9. The molecule has 1 fully saturated rings. The Hall–Kier alpha value is -2.56. The molecule has 2 aromatic rings. The second kappa shape index (κ2) is 7.34. The lowest BCUT2D eigenvalue weighted by atomic mass is 10.1. The summed E-state index contributed by atoms with van der Waals surface area (Å²) in [7, 11) is 1.90. The summed E-state index contributed by atoms with van der Waals surface area (Å²) in [6.07, 6.45) is 2.62. The number of rotatable bonds is 4. The summed E-state index contributed by atoms with van der Waals surface area (Å²) >= 11 is 0. The van der Waals surface area contributed by atoms with Crippen molar-refractivity contribution in [3.05, 3.63) is 42.5 Å². The molecule has 0 bridgehead atoms. The standard InChI is InChI=1S/C19H23N3O2/c1-22(17-11-6-8-14-7-2-3-9-15(14)17)13-18(23)21-16-10-4-5-12-20-19(16)24/h2-3,6-9,11,16H,4-5,10,12-13H2,1H3,(H,20,24)(H,21,23). The van der Waals surface area contributed by atoms with Crippen LogP contribution in [0, 0.1) is 0 Å². The van der Waals surface area contributed by atoms with E-state index < -0.39 is 6.04 Å². The van der Waals surface area contributed by atoms with Crippen LogP contribution >= 0.6 is 0 Å². The quantitative estimate of drug-likeness (QED) is 0.904. The number of nitrogens with one attached hydrogen (secondary N) is 2. The van der Waals surface area contributed by atoms with Gasteiger partial charge in [-0.1, -0.05) is 36.4 Å². The first-order valence-corrected chi connectivity index (χ1v) is 8.41. The molecule has 1 atom stereocenters. The van der Waals surface area contributed by atoms with E-state index in [1.165, 1.54) is 0 Å². The second-order valence-corrected chi connectivity index (χ2v) is 6.26. The highest BCUT2D eigenvalue weighted by Crippen LogP contribution is 2.25. The Bertz CT molecular complexity index is 739. The van der Waals surface area contributed by atoms with Gasteiger partial charge in [-0.2, -0.15) is 0 Å². The van der Waals surface area contributed by atoms with E-state index in [-0.39, 0.29) is 18.4 Å². The monoisotopic (exact) mass is 325 g/mol. The van der Waals surface area contributed by atoms with Crippen LogP contribution < -0.4 is 15.5 Å².